The Kier molecular flexibility index (Phi) is 4.07. The van der Waals surface area contributed by atoms with E-state index in [0.717, 1.165) is 31.9 Å². The molecule has 0 aromatic carbocycles. The SMILES string of the molecule is CC1CCCC(c2ncc(C(=O)O)c(C(F)F)n2)C1. The molecule has 4 nitrogen and oxygen atoms in total. The van der Waals surface area contributed by atoms with Crippen LogP contribution in [0.5, 0.6) is 0 Å². The Labute approximate surface area is 109 Å². The van der Waals surface area contributed by atoms with E-state index >= 15 is 0 Å². The van der Waals surface area contributed by atoms with Gasteiger partial charge in [0.05, 0.1) is 0 Å². The summed E-state index contributed by atoms with van der Waals surface area (Å²) in [5.74, 6) is -0.480. The Morgan fingerprint density at radius 1 is 1.47 bits per heavy atom. The fourth-order valence-electron chi connectivity index (χ4n) is 2.61. The first-order chi connectivity index (χ1) is 8.99. The van der Waals surface area contributed by atoms with Crippen LogP contribution in [0.4, 0.5) is 8.78 Å². The maximum absolute atomic E-state index is 12.9. The standard InChI is InChI=1S/C13H16F2N2O2/c1-7-3-2-4-8(5-7)12-16-6-9(13(18)19)10(17-12)11(14)15/h6-8,11H,2-5H2,1H3,(H,18,19). The van der Waals surface area contributed by atoms with Crippen molar-refractivity contribution in [2.75, 3.05) is 0 Å². The highest BCUT2D eigenvalue weighted by atomic mass is 19.3. The zero-order valence-corrected chi connectivity index (χ0v) is 10.6. The highest BCUT2D eigenvalue weighted by Gasteiger charge is 2.26. The van der Waals surface area contributed by atoms with Gasteiger partial charge in [-0.3, -0.25) is 0 Å². The molecule has 1 aromatic rings. The predicted octanol–water partition coefficient (Wildman–Crippen LogP) is 3.41. The quantitative estimate of drug-likeness (QED) is 0.914. The zero-order valence-electron chi connectivity index (χ0n) is 10.6. The molecule has 1 heterocycles. The van der Waals surface area contributed by atoms with Crippen molar-refractivity contribution in [3.63, 3.8) is 0 Å². The van der Waals surface area contributed by atoms with Gasteiger partial charge in [0.25, 0.3) is 6.43 Å². The van der Waals surface area contributed by atoms with Gasteiger partial charge in [0, 0.05) is 12.1 Å². The number of nitrogens with zero attached hydrogens (tertiary/aromatic N) is 2. The first-order valence-corrected chi connectivity index (χ1v) is 6.37. The number of alkyl halides is 2. The topological polar surface area (TPSA) is 63.1 Å². The largest absolute Gasteiger partial charge is 0.478 e. The van der Waals surface area contributed by atoms with Gasteiger partial charge in [0.15, 0.2) is 0 Å². The maximum atomic E-state index is 12.9. The highest BCUT2D eigenvalue weighted by Crippen LogP contribution is 2.35. The van der Waals surface area contributed by atoms with Gasteiger partial charge in [-0.2, -0.15) is 0 Å². The second-order valence-corrected chi connectivity index (χ2v) is 5.10. The fraction of sp³-hybridized carbons (Fsp3) is 0.615. The van der Waals surface area contributed by atoms with E-state index in [1.807, 2.05) is 0 Å². The number of hydrogen-bond acceptors (Lipinski definition) is 3. The third-order valence-corrected chi connectivity index (χ3v) is 3.58. The number of hydrogen-bond donors (Lipinski definition) is 1. The molecule has 0 radical (unpaired) electrons. The molecule has 1 fully saturated rings. The summed E-state index contributed by atoms with van der Waals surface area (Å²) in [6, 6.07) is 0. The van der Waals surface area contributed by atoms with Crippen LogP contribution >= 0.6 is 0 Å². The smallest absolute Gasteiger partial charge is 0.339 e. The van der Waals surface area contributed by atoms with Crippen LogP contribution in [0, 0.1) is 5.92 Å². The molecule has 2 rings (SSSR count). The normalized spacial score (nSPS) is 23.6. The molecule has 1 N–H and O–H groups in total. The van der Waals surface area contributed by atoms with Gasteiger partial charge in [-0.05, 0) is 18.8 Å². The number of carboxylic acid groups (broad SMARTS) is 1. The van der Waals surface area contributed by atoms with Crippen molar-refractivity contribution in [3.8, 4) is 0 Å². The highest BCUT2D eigenvalue weighted by molar-refractivity contribution is 5.88. The van der Waals surface area contributed by atoms with E-state index in [2.05, 4.69) is 16.9 Å². The number of halogens is 2. The summed E-state index contributed by atoms with van der Waals surface area (Å²) in [4.78, 5) is 18.6. The summed E-state index contributed by atoms with van der Waals surface area (Å²) < 4.78 is 25.7. The van der Waals surface area contributed by atoms with Crippen LogP contribution in [0.25, 0.3) is 0 Å². The fourth-order valence-corrected chi connectivity index (χ4v) is 2.61. The van der Waals surface area contributed by atoms with Gasteiger partial charge < -0.3 is 5.11 Å². The molecular weight excluding hydrogens is 254 g/mol. The van der Waals surface area contributed by atoms with E-state index in [4.69, 9.17) is 5.11 Å². The first-order valence-electron chi connectivity index (χ1n) is 6.37. The zero-order chi connectivity index (χ0) is 14.0. The summed E-state index contributed by atoms with van der Waals surface area (Å²) >= 11 is 0. The molecule has 0 spiro atoms. The number of carbonyl (C=O) groups is 1. The minimum atomic E-state index is -2.89. The van der Waals surface area contributed by atoms with Gasteiger partial charge in [0.2, 0.25) is 0 Å². The maximum Gasteiger partial charge on any atom is 0.339 e. The number of carboxylic acids is 1. The van der Waals surface area contributed by atoms with E-state index in [9.17, 15) is 13.6 Å². The Bertz CT molecular complexity index is 480. The molecule has 1 aromatic heterocycles. The Morgan fingerprint density at radius 3 is 2.79 bits per heavy atom. The van der Waals surface area contributed by atoms with Crippen molar-refractivity contribution < 1.29 is 18.7 Å². The number of aromatic nitrogens is 2. The average molecular weight is 270 g/mol. The minimum Gasteiger partial charge on any atom is -0.478 e. The van der Waals surface area contributed by atoms with E-state index in [0.29, 0.717) is 11.7 Å². The van der Waals surface area contributed by atoms with Crippen molar-refractivity contribution >= 4 is 5.97 Å². The molecule has 1 aliphatic rings. The van der Waals surface area contributed by atoms with Crippen LogP contribution in [0.1, 0.15) is 66.8 Å². The summed E-state index contributed by atoms with van der Waals surface area (Å²) in [6.45, 7) is 2.12. The lowest BCUT2D eigenvalue weighted by Crippen LogP contribution is -2.17. The molecule has 0 saturated heterocycles. The van der Waals surface area contributed by atoms with E-state index in [1.54, 1.807) is 0 Å². The van der Waals surface area contributed by atoms with Crippen molar-refractivity contribution in [2.45, 2.75) is 45.0 Å². The third kappa shape index (κ3) is 3.05. The average Bonchev–Trinajstić information content (AvgIpc) is 2.37. The Morgan fingerprint density at radius 2 is 2.21 bits per heavy atom. The van der Waals surface area contributed by atoms with Gasteiger partial charge in [-0.1, -0.05) is 19.8 Å². The first kappa shape index (κ1) is 13.8. The van der Waals surface area contributed by atoms with Gasteiger partial charge in [0.1, 0.15) is 17.1 Å². The van der Waals surface area contributed by atoms with E-state index < -0.39 is 23.7 Å². The van der Waals surface area contributed by atoms with Crippen LogP contribution in [0.2, 0.25) is 0 Å². The summed E-state index contributed by atoms with van der Waals surface area (Å²) in [7, 11) is 0. The number of aromatic carboxylic acids is 1. The molecule has 6 heteroatoms. The molecule has 2 atom stereocenters. The minimum absolute atomic E-state index is 0.0593. The van der Waals surface area contributed by atoms with Crippen molar-refractivity contribution in [1.29, 1.82) is 0 Å². The number of rotatable bonds is 3. The molecular formula is C13H16F2N2O2. The van der Waals surface area contributed by atoms with Crippen LogP contribution in [-0.2, 0) is 0 Å². The lowest BCUT2D eigenvalue weighted by atomic mass is 9.82. The van der Waals surface area contributed by atoms with Gasteiger partial charge in [-0.25, -0.2) is 23.5 Å². The Balaban J connectivity index is 2.32. The third-order valence-electron chi connectivity index (χ3n) is 3.58. The molecule has 0 bridgehead atoms. The van der Waals surface area contributed by atoms with Crippen LogP contribution in [0.3, 0.4) is 0 Å². The second kappa shape index (κ2) is 5.59. The summed E-state index contributed by atoms with van der Waals surface area (Å²) in [6.07, 6.45) is 2.01. The van der Waals surface area contributed by atoms with E-state index in [-0.39, 0.29) is 5.92 Å². The predicted molar refractivity (Wildman–Crippen MR) is 64.3 cm³/mol. The summed E-state index contributed by atoms with van der Waals surface area (Å²) in [5, 5.41) is 8.84. The van der Waals surface area contributed by atoms with E-state index in [1.165, 1.54) is 0 Å². The molecule has 0 aliphatic heterocycles. The molecule has 1 saturated carbocycles. The monoisotopic (exact) mass is 270 g/mol. The lowest BCUT2D eigenvalue weighted by molar-refractivity contribution is 0.0681. The van der Waals surface area contributed by atoms with Crippen molar-refractivity contribution in [2.24, 2.45) is 5.92 Å². The van der Waals surface area contributed by atoms with Crippen LogP contribution in [-0.4, -0.2) is 21.0 Å². The van der Waals surface area contributed by atoms with Crippen LogP contribution in [0.15, 0.2) is 6.20 Å². The van der Waals surface area contributed by atoms with Crippen LogP contribution < -0.4 is 0 Å². The molecule has 2 unspecified atom stereocenters. The van der Waals surface area contributed by atoms with Crippen molar-refractivity contribution in [3.05, 3.63) is 23.3 Å². The second-order valence-electron chi connectivity index (χ2n) is 5.10. The lowest BCUT2D eigenvalue weighted by Gasteiger charge is -2.25. The molecule has 1 aliphatic carbocycles. The van der Waals surface area contributed by atoms with Gasteiger partial charge >= 0.3 is 5.97 Å². The Hall–Kier alpha value is -1.59. The van der Waals surface area contributed by atoms with Crippen molar-refractivity contribution in [1.82, 2.24) is 9.97 Å². The summed E-state index contributed by atoms with van der Waals surface area (Å²) in [5.41, 5.74) is -1.18. The van der Waals surface area contributed by atoms with Gasteiger partial charge in [-0.15, -0.1) is 0 Å². The molecule has 0 amide bonds. The molecule has 104 valence electrons. The molecule has 19 heavy (non-hydrogen) atoms.